The summed E-state index contributed by atoms with van der Waals surface area (Å²) in [6, 6.07) is 5.99. The van der Waals surface area contributed by atoms with Gasteiger partial charge in [-0.3, -0.25) is 10.0 Å². The molecule has 2 N–H and O–H groups in total. The van der Waals surface area contributed by atoms with Crippen molar-refractivity contribution in [3.8, 4) is 0 Å². The van der Waals surface area contributed by atoms with Crippen LogP contribution in [0.1, 0.15) is 36.1 Å². The second-order valence-corrected chi connectivity index (χ2v) is 10.4. The highest BCUT2D eigenvalue weighted by Gasteiger charge is 2.28. The van der Waals surface area contributed by atoms with E-state index in [4.69, 9.17) is 5.21 Å². The summed E-state index contributed by atoms with van der Waals surface area (Å²) in [5.41, 5.74) is 5.77. The topological polar surface area (TPSA) is 94.9 Å². The van der Waals surface area contributed by atoms with Crippen LogP contribution in [0.2, 0.25) is 0 Å². The summed E-state index contributed by atoms with van der Waals surface area (Å²) in [5, 5.41) is 9.72. The number of hydrogen-bond donors (Lipinski definition) is 2. The minimum Gasteiger partial charge on any atom is -0.343 e. The minimum atomic E-state index is -3.27. The molecule has 2 aliphatic heterocycles. The molecule has 0 atom stereocenters. The van der Waals surface area contributed by atoms with Gasteiger partial charge in [0.15, 0.2) is 0 Å². The van der Waals surface area contributed by atoms with Crippen LogP contribution < -0.4 is 5.48 Å². The molecule has 0 aliphatic carbocycles. The summed E-state index contributed by atoms with van der Waals surface area (Å²) < 4.78 is 28.3. The number of fused-ring (bicyclic) bond motifs is 3. The van der Waals surface area contributed by atoms with E-state index in [1.165, 1.54) is 41.6 Å². The zero-order valence-corrected chi connectivity index (χ0v) is 21.1. The Morgan fingerprint density at radius 1 is 1.12 bits per heavy atom. The lowest BCUT2D eigenvalue weighted by atomic mass is 10.0. The van der Waals surface area contributed by atoms with Crippen LogP contribution in [0.25, 0.3) is 17.0 Å². The van der Waals surface area contributed by atoms with Gasteiger partial charge in [0, 0.05) is 55.3 Å². The lowest BCUT2D eigenvalue weighted by Gasteiger charge is -2.28. The lowest BCUT2D eigenvalue weighted by molar-refractivity contribution is -0.124. The largest absolute Gasteiger partial charge is 0.343 e. The number of carbonyl (C=O) groups excluding carboxylic acids is 1. The van der Waals surface area contributed by atoms with Gasteiger partial charge in [-0.15, -0.1) is 24.8 Å². The Bertz CT molecular complexity index is 1110. The van der Waals surface area contributed by atoms with Crippen LogP contribution in [0.5, 0.6) is 0 Å². The van der Waals surface area contributed by atoms with E-state index < -0.39 is 15.9 Å². The molecular weight excluding hydrogens is 487 g/mol. The molecule has 1 aromatic carbocycles. The molecule has 1 fully saturated rings. The first-order valence-electron chi connectivity index (χ1n) is 10.8. The Balaban J connectivity index is 0.00000193. The normalized spacial score (nSPS) is 17.4. The maximum absolute atomic E-state index is 12.2. The number of sulfonamides is 1. The molecule has 184 valence electrons. The number of hydrogen-bond acceptors (Lipinski definition) is 5. The second kappa shape index (κ2) is 11.7. The molecule has 4 rings (SSSR count). The molecule has 0 saturated carbocycles. The number of likely N-dealkylation sites (tertiary alicyclic amines) is 1. The highest BCUT2D eigenvalue weighted by molar-refractivity contribution is 7.88. The minimum absolute atomic E-state index is 0. The molecule has 2 aliphatic rings. The molecule has 0 bridgehead atoms. The smallest absolute Gasteiger partial charge is 0.267 e. The van der Waals surface area contributed by atoms with Gasteiger partial charge in [-0.1, -0.05) is 12.5 Å². The molecule has 1 amide bonds. The van der Waals surface area contributed by atoms with Crippen molar-refractivity contribution in [2.75, 3.05) is 32.4 Å². The van der Waals surface area contributed by atoms with E-state index in [-0.39, 0.29) is 24.8 Å². The number of rotatable bonds is 6. The van der Waals surface area contributed by atoms with Crippen molar-refractivity contribution < 1.29 is 18.4 Å². The molecule has 1 aromatic heterocycles. The van der Waals surface area contributed by atoms with Crippen LogP contribution in [0.4, 0.5) is 0 Å². The monoisotopic (exact) mass is 518 g/mol. The molecule has 8 nitrogen and oxygen atoms in total. The van der Waals surface area contributed by atoms with Crippen molar-refractivity contribution in [2.24, 2.45) is 0 Å². The summed E-state index contributed by atoms with van der Waals surface area (Å²) in [6.07, 6.45) is 8.67. The number of hydroxylamine groups is 1. The molecule has 2 aromatic rings. The van der Waals surface area contributed by atoms with E-state index >= 15 is 0 Å². The van der Waals surface area contributed by atoms with Gasteiger partial charge in [0.1, 0.15) is 0 Å². The van der Waals surface area contributed by atoms with Crippen LogP contribution in [0, 0.1) is 0 Å². The number of benzene rings is 1. The predicted octanol–water partition coefficient (Wildman–Crippen LogP) is 2.81. The number of halogens is 2. The van der Waals surface area contributed by atoms with Gasteiger partial charge in [-0.25, -0.2) is 13.9 Å². The number of nitrogens with zero attached hydrogens (tertiary/aromatic N) is 3. The van der Waals surface area contributed by atoms with Crippen molar-refractivity contribution in [1.82, 2.24) is 19.3 Å². The van der Waals surface area contributed by atoms with Gasteiger partial charge in [-0.2, -0.15) is 4.31 Å². The summed E-state index contributed by atoms with van der Waals surface area (Å²) in [5.74, 6) is -0.593. The average Bonchev–Trinajstić information content (AvgIpc) is 3.08. The molecule has 11 heteroatoms. The van der Waals surface area contributed by atoms with E-state index in [2.05, 4.69) is 9.47 Å². The third kappa shape index (κ3) is 6.29. The summed E-state index contributed by atoms with van der Waals surface area (Å²) in [6.45, 7) is 5.02. The lowest BCUT2D eigenvalue weighted by Crippen LogP contribution is -2.36. The Morgan fingerprint density at radius 2 is 1.85 bits per heavy atom. The van der Waals surface area contributed by atoms with E-state index in [9.17, 15) is 13.2 Å². The van der Waals surface area contributed by atoms with Crippen molar-refractivity contribution in [1.29, 1.82) is 0 Å². The Hall–Kier alpha value is -1.62. The maximum Gasteiger partial charge on any atom is 0.267 e. The number of amides is 1. The molecular formula is C22H32Cl2N4O4S. The summed E-state index contributed by atoms with van der Waals surface area (Å²) >= 11 is 0. The number of carbonyl (C=O) groups is 1. The molecule has 0 unspecified atom stereocenters. The third-order valence-corrected chi connectivity index (χ3v) is 7.59. The maximum atomic E-state index is 12.2. The van der Waals surface area contributed by atoms with Crippen LogP contribution in [-0.2, 0) is 34.3 Å². The number of piperidine rings is 1. The Kier molecular flexibility index (Phi) is 9.78. The van der Waals surface area contributed by atoms with Gasteiger partial charge in [-0.05, 0) is 55.3 Å². The van der Waals surface area contributed by atoms with Gasteiger partial charge in [0.25, 0.3) is 5.91 Å². The molecule has 1 saturated heterocycles. The second-order valence-electron chi connectivity index (χ2n) is 8.41. The third-order valence-electron chi connectivity index (χ3n) is 6.34. The van der Waals surface area contributed by atoms with Crippen molar-refractivity contribution in [3.63, 3.8) is 0 Å². The fraction of sp³-hybridized carbons (Fsp3) is 0.500. The van der Waals surface area contributed by atoms with Crippen LogP contribution in [0.3, 0.4) is 0 Å². The van der Waals surface area contributed by atoms with Gasteiger partial charge < -0.3 is 9.47 Å². The van der Waals surface area contributed by atoms with E-state index in [0.29, 0.717) is 19.5 Å². The van der Waals surface area contributed by atoms with Gasteiger partial charge >= 0.3 is 0 Å². The SMILES string of the molecule is CS(=O)(=O)N1CCc2c(c3cc(/C=C/C(=O)NO)ccc3n2CCN2CCCCC2)C1.Cl.Cl. The zero-order chi connectivity index (χ0) is 22.0. The Morgan fingerprint density at radius 3 is 2.52 bits per heavy atom. The average molecular weight is 519 g/mol. The first-order valence-corrected chi connectivity index (χ1v) is 12.7. The van der Waals surface area contributed by atoms with E-state index in [0.717, 1.165) is 48.2 Å². The predicted molar refractivity (Wildman–Crippen MR) is 135 cm³/mol. The Labute approximate surface area is 207 Å². The van der Waals surface area contributed by atoms with Crippen LogP contribution in [-0.4, -0.2) is 65.7 Å². The fourth-order valence-electron chi connectivity index (χ4n) is 4.72. The van der Waals surface area contributed by atoms with Gasteiger partial charge in [0.05, 0.1) is 6.26 Å². The van der Waals surface area contributed by atoms with Crippen molar-refractivity contribution in [2.45, 2.75) is 38.8 Å². The number of nitrogens with one attached hydrogen (secondary N) is 1. The molecule has 3 heterocycles. The van der Waals surface area contributed by atoms with E-state index in [1.54, 1.807) is 11.6 Å². The number of aromatic nitrogens is 1. The zero-order valence-electron chi connectivity index (χ0n) is 18.7. The fourth-order valence-corrected chi connectivity index (χ4v) is 5.51. The van der Waals surface area contributed by atoms with Gasteiger partial charge in [0.2, 0.25) is 10.0 Å². The highest BCUT2D eigenvalue weighted by Crippen LogP contribution is 2.33. The standard InChI is InChI=1S/C22H30N4O4S.2ClH/c1-31(29,30)25-12-9-21-19(16-25)18-15-17(6-8-22(27)23-28)5-7-20(18)26(21)14-13-24-10-3-2-4-11-24;;/h5-8,15,28H,2-4,9-14,16H2,1H3,(H,23,27);2*1H/b8-6+;;. The van der Waals surface area contributed by atoms with E-state index in [1.807, 2.05) is 18.2 Å². The van der Waals surface area contributed by atoms with Crippen molar-refractivity contribution >= 4 is 57.7 Å². The molecule has 33 heavy (non-hydrogen) atoms. The quantitative estimate of drug-likeness (QED) is 0.348. The highest BCUT2D eigenvalue weighted by atomic mass is 35.5. The molecule has 0 radical (unpaired) electrons. The summed E-state index contributed by atoms with van der Waals surface area (Å²) in [4.78, 5) is 13.9. The van der Waals surface area contributed by atoms with Crippen LogP contribution in [0.15, 0.2) is 24.3 Å². The molecule has 0 spiro atoms. The van der Waals surface area contributed by atoms with Crippen LogP contribution >= 0.6 is 24.8 Å². The first-order chi connectivity index (χ1) is 14.9. The van der Waals surface area contributed by atoms with Crippen molar-refractivity contribution in [3.05, 3.63) is 41.1 Å². The first kappa shape index (κ1) is 27.6. The summed E-state index contributed by atoms with van der Waals surface area (Å²) in [7, 11) is -3.27.